The maximum Gasteiger partial charge on any atom is 0.171 e. The Hall–Kier alpha value is -0.450. The molecule has 4 nitrogen and oxygen atoms in total. The first-order valence-corrected chi connectivity index (χ1v) is 13.2. The van der Waals surface area contributed by atoms with Crippen LogP contribution < -0.4 is 0 Å². The van der Waals surface area contributed by atoms with Crippen LogP contribution in [-0.4, -0.2) is 35.5 Å². The van der Waals surface area contributed by atoms with Crippen molar-refractivity contribution in [3.8, 4) is 0 Å². The summed E-state index contributed by atoms with van der Waals surface area (Å²) in [5, 5.41) is 10.3. The van der Waals surface area contributed by atoms with Crippen molar-refractivity contribution in [2.24, 2.45) is 52.3 Å². The van der Waals surface area contributed by atoms with Crippen molar-refractivity contribution in [2.75, 3.05) is 6.61 Å². The summed E-state index contributed by atoms with van der Waals surface area (Å²) in [5.74, 6) is 3.45. The summed E-state index contributed by atoms with van der Waals surface area (Å²) < 4.78 is 13.2. The van der Waals surface area contributed by atoms with Gasteiger partial charge in [0.05, 0.1) is 18.8 Å². The van der Waals surface area contributed by atoms with Crippen LogP contribution in [0.3, 0.4) is 0 Å². The van der Waals surface area contributed by atoms with E-state index in [9.17, 15) is 9.90 Å². The molecule has 1 unspecified atom stereocenters. The van der Waals surface area contributed by atoms with Crippen LogP contribution in [0.1, 0.15) is 85.5 Å². The number of aliphatic hydroxyl groups excluding tert-OH is 1. The fourth-order valence-electron chi connectivity index (χ4n) is 9.93. The molecule has 1 spiro atoms. The second-order valence-corrected chi connectivity index (χ2v) is 13.0. The number of ketones is 1. The van der Waals surface area contributed by atoms with E-state index < -0.39 is 5.79 Å². The monoisotopic (exact) mass is 430 g/mol. The van der Waals surface area contributed by atoms with Crippen molar-refractivity contribution in [2.45, 2.75) is 103 Å². The molecule has 174 valence electrons. The number of fused-ring (bicyclic) bond motifs is 7. The lowest BCUT2D eigenvalue weighted by atomic mass is 9.44. The Labute approximate surface area is 187 Å². The van der Waals surface area contributed by atoms with Crippen LogP contribution in [0.2, 0.25) is 0 Å². The third-order valence-electron chi connectivity index (χ3n) is 11.8. The van der Waals surface area contributed by atoms with E-state index in [4.69, 9.17) is 9.47 Å². The molecule has 2 saturated heterocycles. The maximum atomic E-state index is 14.0. The van der Waals surface area contributed by atoms with Gasteiger partial charge in [-0.15, -0.1) is 0 Å². The lowest BCUT2D eigenvalue weighted by Crippen LogP contribution is -2.58. The molecule has 31 heavy (non-hydrogen) atoms. The van der Waals surface area contributed by atoms with Crippen LogP contribution in [0.5, 0.6) is 0 Å². The molecule has 0 bridgehead atoms. The van der Waals surface area contributed by atoms with Gasteiger partial charge in [-0.25, -0.2) is 0 Å². The SMILES string of the molecule is CC1[C@H]2[C@H](C[C@H]3[C@@H]4CC[C@H]5C[C@@H](O)CC[C@]5(C)[C@H]4CC(=O)[C@@]32C)O[C@]12CC[C@@H](C)CO2. The molecule has 2 heterocycles. The Bertz CT molecular complexity index is 756. The third kappa shape index (κ3) is 2.68. The highest BCUT2D eigenvalue weighted by Gasteiger charge is 2.71. The normalized spacial score (nSPS) is 60.9. The molecule has 0 aromatic heterocycles. The predicted molar refractivity (Wildman–Crippen MR) is 118 cm³/mol. The first-order chi connectivity index (χ1) is 14.7. The van der Waals surface area contributed by atoms with Gasteiger partial charge >= 0.3 is 0 Å². The highest BCUT2D eigenvalue weighted by Crippen LogP contribution is 2.70. The lowest BCUT2D eigenvalue weighted by molar-refractivity contribution is -0.272. The fourth-order valence-corrected chi connectivity index (χ4v) is 9.93. The number of carbonyl (C=O) groups is 1. The summed E-state index contributed by atoms with van der Waals surface area (Å²) in [6.07, 6.45) is 9.39. The number of carbonyl (C=O) groups excluding carboxylic acids is 1. The second-order valence-electron chi connectivity index (χ2n) is 13.0. The molecule has 12 atom stereocenters. The topological polar surface area (TPSA) is 55.8 Å². The number of rotatable bonds is 0. The molecule has 6 rings (SSSR count). The molecule has 0 amide bonds. The molecule has 6 aliphatic rings. The van der Waals surface area contributed by atoms with E-state index in [1.807, 2.05) is 0 Å². The average molecular weight is 431 g/mol. The van der Waals surface area contributed by atoms with Gasteiger partial charge in [0.25, 0.3) is 0 Å². The van der Waals surface area contributed by atoms with Gasteiger partial charge in [-0.2, -0.15) is 0 Å². The zero-order valence-electron chi connectivity index (χ0n) is 19.9. The molecule has 4 aliphatic carbocycles. The molecule has 0 aromatic carbocycles. The number of hydrogen-bond donors (Lipinski definition) is 1. The second kappa shape index (κ2) is 6.79. The Morgan fingerprint density at radius 2 is 1.81 bits per heavy atom. The van der Waals surface area contributed by atoms with E-state index in [-0.39, 0.29) is 29.0 Å². The van der Waals surface area contributed by atoms with Gasteiger partial charge in [-0.05, 0) is 80.0 Å². The molecule has 0 radical (unpaired) electrons. The van der Waals surface area contributed by atoms with Gasteiger partial charge in [0, 0.05) is 30.1 Å². The minimum Gasteiger partial charge on any atom is -0.393 e. The zero-order valence-corrected chi connectivity index (χ0v) is 19.9. The first kappa shape index (κ1) is 21.1. The van der Waals surface area contributed by atoms with Crippen LogP contribution in [0.15, 0.2) is 0 Å². The quantitative estimate of drug-likeness (QED) is 0.589. The van der Waals surface area contributed by atoms with Crippen molar-refractivity contribution in [1.29, 1.82) is 0 Å². The Morgan fingerprint density at radius 1 is 1.00 bits per heavy atom. The Kier molecular flexibility index (Phi) is 4.62. The van der Waals surface area contributed by atoms with Crippen molar-refractivity contribution in [3.63, 3.8) is 0 Å². The van der Waals surface area contributed by atoms with Crippen molar-refractivity contribution >= 4 is 5.78 Å². The smallest absolute Gasteiger partial charge is 0.171 e. The fraction of sp³-hybridized carbons (Fsp3) is 0.963. The van der Waals surface area contributed by atoms with Crippen LogP contribution in [0.4, 0.5) is 0 Å². The van der Waals surface area contributed by atoms with Gasteiger partial charge in [0.15, 0.2) is 5.79 Å². The Morgan fingerprint density at radius 3 is 2.55 bits per heavy atom. The van der Waals surface area contributed by atoms with Gasteiger partial charge in [0.2, 0.25) is 0 Å². The van der Waals surface area contributed by atoms with Gasteiger partial charge in [0.1, 0.15) is 5.78 Å². The summed E-state index contributed by atoms with van der Waals surface area (Å²) in [6, 6.07) is 0. The summed E-state index contributed by atoms with van der Waals surface area (Å²) in [4.78, 5) is 14.0. The van der Waals surface area contributed by atoms with Crippen molar-refractivity contribution < 1.29 is 19.4 Å². The van der Waals surface area contributed by atoms with Crippen LogP contribution >= 0.6 is 0 Å². The lowest BCUT2D eigenvalue weighted by Gasteiger charge is -2.60. The van der Waals surface area contributed by atoms with E-state index >= 15 is 0 Å². The van der Waals surface area contributed by atoms with Crippen molar-refractivity contribution in [1.82, 2.24) is 0 Å². The molecule has 2 aliphatic heterocycles. The standard InChI is InChI=1S/C27H42O4/c1-15-7-10-27(30-14-15)16(2)24-22(31-27)12-21-19-6-5-17-11-18(28)8-9-25(17,3)20(19)13-23(29)26(21,24)4/h15-22,24,28H,5-14H2,1-4H3/t15-,16?,17+,18+,19-,20+,21+,22+,24+,25+,26-,27-/m1/s1. The van der Waals surface area contributed by atoms with Crippen molar-refractivity contribution in [3.05, 3.63) is 0 Å². The van der Waals surface area contributed by atoms with E-state index in [0.717, 1.165) is 51.6 Å². The third-order valence-corrected chi connectivity index (χ3v) is 11.8. The summed E-state index contributed by atoms with van der Waals surface area (Å²) in [6.45, 7) is 10.1. The molecular weight excluding hydrogens is 388 g/mol. The molecule has 4 saturated carbocycles. The first-order valence-electron chi connectivity index (χ1n) is 13.2. The van der Waals surface area contributed by atoms with Gasteiger partial charge < -0.3 is 14.6 Å². The largest absolute Gasteiger partial charge is 0.393 e. The summed E-state index contributed by atoms with van der Waals surface area (Å²) in [7, 11) is 0. The van der Waals surface area contributed by atoms with Crippen LogP contribution in [-0.2, 0) is 14.3 Å². The van der Waals surface area contributed by atoms with E-state index in [1.165, 1.54) is 12.8 Å². The highest BCUT2D eigenvalue weighted by atomic mass is 16.7. The van der Waals surface area contributed by atoms with E-state index in [2.05, 4.69) is 27.7 Å². The predicted octanol–water partition coefficient (Wildman–Crippen LogP) is 4.97. The zero-order chi connectivity index (χ0) is 21.8. The van der Waals surface area contributed by atoms with Gasteiger partial charge in [-0.1, -0.05) is 27.7 Å². The number of ether oxygens (including phenoxy) is 2. The molecular formula is C27H42O4. The molecule has 1 N–H and O–H groups in total. The minimum atomic E-state index is -0.448. The molecule has 6 fully saturated rings. The molecule has 0 aromatic rings. The number of hydrogen-bond acceptors (Lipinski definition) is 4. The van der Waals surface area contributed by atoms with Crippen LogP contribution in [0, 0.1) is 52.3 Å². The van der Waals surface area contributed by atoms with Crippen LogP contribution in [0.25, 0.3) is 0 Å². The minimum absolute atomic E-state index is 0.131. The maximum absolute atomic E-state index is 14.0. The number of aliphatic hydroxyl groups is 1. The van der Waals surface area contributed by atoms with E-state index in [0.29, 0.717) is 41.3 Å². The highest BCUT2D eigenvalue weighted by molar-refractivity contribution is 5.87. The molecule has 4 heteroatoms. The number of Topliss-reactive ketones (excluding diaryl/α,β-unsaturated/α-hetero) is 1. The summed E-state index contributed by atoms with van der Waals surface area (Å²) >= 11 is 0. The summed E-state index contributed by atoms with van der Waals surface area (Å²) in [5.41, 5.74) is -0.0221. The average Bonchev–Trinajstić information content (AvgIpc) is 3.18. The Balaban J connectivity index is 1.30. The van der Waals surface area contributed by atoms with E-state index in [1.54, 1.807) is 0 Å². The van der Waals surface area contributed by atoms with Gasteiger partial charge in [-0.3, -0.25) is 4.79 Å².